The summed E-state index contributed by atoms with van der Waals surface area (Å²) in [5.41, 5.74) is 1.76. The van der Waals surface area contributed by atoms with Crippen LogP contribution in [0.2, 0.25) is 0 Å². The van der Waals surface area contributed by atoms with Gasteiger partial charge in [0.1, 0.15) is 12.0 Å². The summed E-state index contributed by atoms with van der Waals surface area (Å²) in [4.78, 5) is 22.4. The topological polar surface area (TPSA) is 52.6 Å². The van der Waals surface area contributed by atoms with Gasteiger partial charge in [-0.05, 0) is 19.1 Å². The van der Waals surface area contributed by atoms with Crippen LogP contribution in [0.5, 0.6) is 5.75 Å². The molecule has 0 saturated heterocycles. The van der Waals surface area contributed by atoms with Gasteiger partial charge in [0.2, 0.25) is 0 Å². The second-order valence-corrected chi connectivity index (χ2v) is 3.48. The summed E-state index contributed by atoms with van der Waals surface area (Å²) in [6.07, 6.45) is 1.46. The molecule has 1 aliphatic heterocycles. The van der Waals surface area contributed by atoms with E-state index >= 15 is 0 Å². The average Bonchev–Trinajstić information content (AvgIpc) is 2.75. The van der Waals surface area contributed by atoms with Gasteiger partial charge in [0.05, 0.1) is 18.8 Å². The van der Waals surface area contributed by atoms with Gasteiger partial charge in [-0.2, -0.15) is 0 Å². The van der Waals surface area contributed by atoms with Crippen LogP contribution >= 0.6 is 0 Å². The molecule has 0 radical (unpaired) electrons. The van der Waals surface area contributed by atoms with Crippen molar-refractivity contribution >= 4 is 12.3 Å². The van der Waals surface area contributed by atoms with E-state index in [4.69, 9.17) is 9.47 Å². The van der Waals surface area contributed by atoms with Crippen molar-refractivity contribution in [3.05, 3.63) is 28.8 Å². The zero-order valence-electron chi connectivity index (χ0n) is 8.99. The van der Waals surface area contributed by atoms with E-state index in [1.54, 1.807) is 19.1 Å². The molecule has 4 nitrogen and oxygen atoms in total. The van der Waals surface area contributed by atoms with Gasteiger partial charge in [-0.25, -0.2) is 4.79 Å². The molecule has 0 saturated carbocycles. The maximum atomic E-state index is 11.5. The van der Waals surface area contributed by atoms with E-state index in [2.05, 4.69) is 0 Å². The Morgan fingerprint density at radius 2 is 2.38 bits per heavy atom. The molecule has 1 heterocycles. The number of carbonyl (C=O) groups is 2. The summed E-state index contributed by atoms with van der Waals surface area (Å²) in [5, 5.41) is 0. The Morgan fingerprint density at radius 3 is 3.06 bits per heavy atom. The molecule has 1 aliphatic rings. The summed E-state index contributed by atoms with van der Waals surface area (Å²) in [6.45, 7) is 2.61. The van der Waals surface area contributed by atoms with Gasteiger partial charge in [0.15, 0.2) is 0 Å². The van der Waals surface area contributed by atoms with Gasteiger partial charge < -0.3 is 9.47 Å². The Bertz CT molecular complexity index is 437. The molecule has 1 aromatic carbocycles. The number of hydrogen-bond donors (Lipinski definition) is 0. The van der Waals surface area contributed by atoms with Crippen LogP contribution in [0.1, 0.15) is 33.2 Å². The number of benzene rings is 1. The first kappa shape index (κ1) is 10.7. The molecule has 0 bridgehead atoms. The zero-order valence-corrected chi connectivity index (χ0v) is 8.99. The summed E-state index contributed by atoms with van der Waals surface area (Å²) in [6, 6.07) is 3.19. The Hall–Kier alpha value is -1.84. The highest BCUT2D eigenvalue weighted by atomic mass is 16.5. The lowest BCUT2D eigenvalue weighted by atomic mass is 10.0. The molecule has 2 rings (SSSR count). The van der Waals surface area contributed by atoms with Crippen LogP contribution < -0.4 is 4.74 Å². The first-order chi connectivity index (χ1) is 7.76. The van der Waals surface area contributed by atoms with Crippen LogP contribution in [-0.2, 0) is 11.2 Å². The Morgan fingerprint density at radius 1 is 1.56 bits per heavy atom. The molecule has 0 spiro atoms. The molecule has 0 N–H and O–H groups in total. The van der Waals surface area contributed by atoms with Crippen molar-refractivity contribution in [1.82, 2.24) is 0 Å². The minimum absolute atomic E-state index is 0.313. The van der Waals surface area contributed by atoms with Gasteiger partial charge in [0.25, 0.3) is 0 Å². The van der Waals surface area contributed by atoms with Crippen molar-refractivity contribution in [3.63, 3.8) is 0 Å². The number of hydrogen-bond acceptors (Lipinski definition) is 4. The van der Waals surface area contributed by atoms with E-state index in [1.165, 1.54) is 0 Å². The molecule has 0 atom stereocenters. The van der Waals surface area contributed by atoms with E-state index in [0.29, 0.717) is 36.5 Å². The van der Waals surface area contributed by atoms with Gasteiger partial charge >= 0.3 is 5.97 Å². The number of ether oxygens (including phenoxy) is 2. The minimum atomic E-state index is -0.427. The second-order valence-electron chi connectivity index (χ2n) is 3.48. The molecule has 16 heavy (non-hydrogen) atoms. The number of fused-ring (bicyclic) bond motifs is 1. The maximum Gasteiger partial charge on any atom is 0.338 e. The third kappa shape index (κ3) is 1.78. The molecule has 0 amide bonds. The third-order valence-corrected chi connectivity index (χ3v) is 2.49. The fourth-order valence-electron chi connectivity index (χ4n) is 1.76. The van der Waals surface area contributed by atoms with Crippen molar-refractivity contribution in [2.24, 2.45) is 0 Å². The lowest BCUT2D eigenvalue weighted by molar-refractivity contribution is 0.0526. The van der Waals surface area contributed by atoms with Crippen molar-refractivity contribution in [2.75, 3.05) is 13.2 Å². The van der Waals surface area contributed by atoms with Crippen molar-refractivity contribution in [2.45, 2.75) is 13.3 Å². The predicted molar refractivity (Wildman–Crippen MR) is 57.0 cm³/mol. The zero-order chi connectivity index (χ0) is 11.5. The van der Waals surface area contributed by atoms with E-state index in [9.17, 15) is 9.59 Å². The molecular weight excluding hydrogens is 208 g/mol. The summed E-state index contributed by atoms with van der Waals surface area (Å²) >= 11 is 0. The second kappa shape index (κ2) is 4.35. The van der Waals surface area contributed by atoms with E-state index < -0.39 is 5.97 Å². The number of rotatable bonds is 3. The van der Waals surface area contributed by atoms with Crippen LogP contribution in [0, 0.1) is 0 Å². The highest BCUT2D eigenvalue weighted by molar-refractivity contribution is 5.93. The summed E-state index contributed by atoms with van der Waals surface area (Å²) < 4.78 is 10.2. The largest absolute Gasteiger partial charge is 0.493 e. The predicted octanol–water partition coefficient (Wildman–Crippen LogP) is 1.61. The monoisotopic (exact) mass is 220 g/mol. The van der Waals surface area contributed by atoms with Crippen LogP contribution in [0.4, 0.5) is 0 Å². The highest BCUT2D eigenvalue weighted by Crippen LogP contribution is 2.29. The van der Waals surface area contributed by atoms with Gasteiger partial charge in [-0.1, -0.05) is 0 Å². The van der Waals surface area contributed by atoms with Crippen LogP contribution in [0.15, 0.2) is 12.1 Å². The fourth-order valence-corrected chi connectivity index (χ4v) is 1.76. The molecule has 1 aromatic rings. The van der Waals surface area contributed by atoms with Crippen molar-refractivity contribution < 1.29 is 19.1 Å². The SMILES string of the molecule is CCOC(=O)c1cc(C=O)c2c(c1)OCC2. The normalized spacial score (nSPS) is 12.8. The molecule has 0 unspecified atom stereocenters. The maximum absolute atomic E-state index is 11.5. The minimum Gasteiger partial charge on any atom is -0.493 e. The Kier molecular flexibility index (Phi) is 2.90. The number of esters is 1. The quantitative estimate of drug-likeness (QED) is 0.573. The standard InChI is InChI=1S/C12H12O4/c1-2-15-12(14)8-5-9(7-13)10-3-4-16-11(10)6-8/h5-7H,2-4H2,1H3. The van der Waals surface area contributed by atoms with Crippen molar-refractivity contribution in [3.8, 4) is 5.75 Å². The molecule has 0 aliphatic carbocycles. The first-order valence-corrected chi connectivity index (χ1v) is 5.18. The fraction of sp³-hybridized carbons (Fsp3) is 0.333. The number of carbonyl (C=O) groups excluding carboxylic acids is 2. The molecular formula is C12H12O4. The average molecular weight is 220 g/mol. The smallest absolute Gasteiger partial charge is 0.338 e. The number of aldehydes is 1. The summed E-state index contributed by atoms with van der Waals surface area (Å²) in [7, 11) is 0. The van der Waals surface area contributed by atoms with E-state index in [1.807, 2.05) is 0 Å². The lowest BCUT2D eigenvalue weighted by Crippen LogP contribution is -2.06. The Balaban J connectivity index is 2.41. The van der Waals surface area contributed by atoms with Gasteiger partial charge in [-0.3, -0.25) is 4.79 Å². The molecule has 0 fully saturated rings. The van der Waals surface area contributed by atoms with Crippen molar-refractivity contribution in [1.29, 1.82) is 0 Å². The Labute approximate surface area is 93.2 Å². The van der Waals surface area contributed by atoms with E-state index in [0.717, 1.165) is 11.8 Å². The molecule has 0 aromatic heterocycles. The third-order valence-electron chi connectivity index (χ3n) is 2.49. The lowest BCUT2D eigenvalue weighted by Gasteiger charge is -2.06. The highest BCUT2D eigenvalue weighted by Gasteiger charge is 2.20. The van der Waals surface area contributed by atoms with E-state index in [-0.39, 0.29) is 0 Å². The van der Waals surface area contributed by atoms with Crippen LogP contribution in [-0.4, -0.2) is 25.5 Å². The van der Waals surface area contributed by atoms with Crippen LogP contribution in [0.25, 0.3) is 0 Å². The van der Waals surface area contributed by atoms with Crippen LogP contribution in [0.3, 0.4) is 0 Å². The summed E-state index contributed by atoms with van der Waals surface area (Å²) in [5.74, 6) is 0.191. The first-order valence-electron chi connectivity index (χ1n) is 5.18. The molecule has 4 heteroatoms. The van der Waals surface area contributed by atoms with Gasteiger partial charge in [-0.15, -0.1) is 0 Å². The van der Waals surface area contributed by atoms with Gasteiger partial charge in [0, 0.05) is 17.5 Å². The molecule has 84 valence electrons.